The topological polar surface area (TPSA) is 21.3 Å². The molecule has 15 heavy (non-hydrogen) atoms. The van der Waals surface area contributed by atoms with E-state index >= 15 is 0 Å². The van der Waals surface area contributed by atoms with Gasteiger partial charge in [0, 0.05) is 13.2 Å². The normalized spacial score (nSPS) is 20.4. The van der Waals surface area contributed by atoms with Crippen LogP contribution in [-0.4, -0.2) is 25.8 Å². The molecule has 2 nitrogen and oxygen atoms in total. The van der Waals surface area contributed by atoms with Crippen LogP contribution in [0.3, 0.4) is 0 Å². The van der Waals surface area contributed by atoms with Crippen molar-refractivity contribution >= 4 is 0 Å². The van der Waals surface area contributed by atoms with Crippen LogP contribution in [-0.2, 0) is 4.74 Å². The minimum atomic E-state index is 0.167. The molecule has 1 N–H and O–H groups in total. The zero-order valence-corrected chi connectivity index (χ0v) is 10.5. The fourth-order valence-corrected chi connectivity index (χ4v) is 2.53. The van der Waals surface area contributed by atoms with E-state index in [0.717, 1.165) is 13.2 Å². The van der Waals surface area contributed by atoms with Crippen molar-refractivity contribution in [1.29, 1.82) is 0 Å². The fraction of sp³-hybridized carbons (Fsp3) is 1.00. The van der Waals surface area contributed by atoms with Gasteiger partial charge in [-0.1, -0.05) is 39.0 Å². The quantitative estimate of drug-likeness (QED) is 0.656. The van der Waals surface area contributed by atoms with Gasteiger partial charge in [-0.2, -0.15) is 0 Å². The Bertz CT molecular complexity index is 147. The van der Waals surface area contributed by atoms with Crippen molar-refractivity contribution in [3.05, 3.63) is 0 Å². The molecular formula is C13H27NO. The molecule has 0 radical (unpaired) electrons. The maximum atomic E-state index is 6.15. The van der Waals surface area contributed by atoms with Gasteiger partial charge in [0.2, 0.25) is 0 Å². The predicted molar refractivity (Wildman–Crippen MR) is 65.2 cm³/mol. The lowest BCUT2D eigenvalue weighted by atomic mass is 9.84. The molecule has 2 heteroatoms. The van der Waals surface area contributed by atoms with E-state index in [1.54, 1.807) is 0 Å². The standard InChI is InChI=1S/C13H27NO/c1-3-4-8-11-15-13(12-14-2)9-6-5-7-10-13/h14H,3-12H2,1-2H3. The molecule has 0 saturated heterocycles. The Balaban J connectivity index is 2.28. The third-order valence-corrected chi connectivity index (χ3v) is 3.42. The van der Waals surface area contributed by atoms with Crippen LogP contribution in [0.4, 0.5) is 0 Å². The van der Waals surface area contributed by atoms with Crippen LogP contribution in [0.15, 0.2) is 0 Å². The van der Waals surface area contributed by atoms with Crippen molar-refractivity contribution in [2.45, 2.75) is 63.9 Å². The van der Waals surface area contributed by atoms with Crippen molar-refractivity contribution in [2.75, 3.05) is 20.2 Å². The van der Waals surface area contributed by atoms with E-state index in [1.807, 2.05) is 7.05 Å². The van der Waals surface area contributed by atoms with E-state index in [2.05, 4.69) is 12.2 Å². The van der Waals surface area contributed by atoms with E-state index < -0.39 is 0 Å². The monoisotopic (exact) mass is 213 g/mol. The van der Waals surface area contributed by atoms with Crippen LogP contribution in [0.25, 0.3) is 0 Å². The molecule has 0 aliphatic heterocycles. The van der Waals surface area contributed by atoms with E-state index in [1.165, 1.54) is 51.4 Å². The first-order valence-corrected chi connectivity index (χ1v) is 6.61. The zero-order valence-electron chi connectivity index (χ0n) is 10.5. The van der Waals surface area contributed by atoms with Crippen LogP contribution < -0.4 is 5.32 Å². The molecule has 0 amide bonds. The first-order chi connectivity index (χ1) is 7.33. The van der Waals surface area contributed by atoms with Gasteiger partial charge in [-0.25, -0.2) is 0 Å². The SMILES string of the molecule is CCCCCOC1(CNC)CCCCC1. The Morgan fingerprint density at radius 1 is 1.13 bits per heavy atom. The summed E-state index contributed by atoms with van der Waals surface area (Å²) in [6.45, 7) is 4.22. The van der Waals surface area contributed by atoms with Crippen LogP contribution in [0.5, 0.6) is 0 Å². The van der Waals surface area contributed by atoms with Gasteiger partial charge in [-0.3, -0.25) is 0 Å². The number of likely N-dealkylation sites (N-methyl/N-ethyl adjacent to an activating group) is 1. The highest BCUT2D eigenvalue weighted by Crippen LogP contribution is 2.31. The van der Waals surface area contributed by atoms with Gasteiger partial charge in [0.05, 0.1) is 5.60 Å². The number of rotatable bonds is 7. The zero-order chi connectivity index (χ0) is 11.0. The molecule has 0 bridgehead atoms. The molecule has 0 heterocycles. The van der Waals surface area contributed by atoms with Gasteiger partial charge in [-0.15, -0.1) is 0 Å². The molecule has 0 unspecified atom stereocenters. The van der Waals surface area contributed by atoms with E-state index in [0.29, 0.717) is 0 Å². The number of ether oxygens (including phenoxy) is 1. The lowest BCUT2D eigenvalue weighted by Crippen LogP contribution is -2.44. The summed E-state index contributed by atoms with van der Waals surface area (Å²) >= 11 is 0. The highest BCUT2D eigenvalue weighted by molar-refractivity contribution is 4.86. The van der Waals surface area contributed by atoms with Crippen molar-refractivity contribution in [3.8, 4) is 0 Å². The largest absolute Gasteiger partial charge is 0.374 e. The minimum Gasteiger partial charge on any atom is -0.374 e. The Kier molecular flexibility index (Phi) is 6.26. The van der Waals surface area contributed by atoms with E-state index in [4.69, 9.17) is 4.74 Å². The molecule has 1 rings (SSSR count). The van der Waals surface area contributed by atoms with E-state index in [9.17, 15) is 0 Å². The van der Waals surface area contributed by atoms with Gasteiger partial charge in [-0.05, 0) is 26.3 Å². The molecule has 1 aliphatic carbocycles. The highest BCUT2D eigenvalue weighted by atomic mass is 16.5. The van der Waals surface area contributed by atoms with Gasteiger partial charge < -0.3 is 10.1 Å². The molecule has 1 saturated carbocycles. The average Bonchev–Trinajstić information content (AvgIpc) is 2.26. The summed E-state index contributed by atoms with van der Waals surface area (Å²) in [5.74, 6) is 0. The number of unbranched alkanes of at least 4 members (excludes halogenated alkanes) is 2. The third kappa shape index (κ3) is 4.52. The second kappa shape index (κ2) is 7.24. The summed E-state index contributed by atoms with van der Waals surface area (Å²) in [6.07, 6.45) is 10.4. The fourth-order valence-electron chi connectivity index (χ4n) is 2.53. The lowest BCUT2D eigenvalue weighted by Gasteiger charge is -2.37. The third-order valence-electron chi connectivity index (χ3n) is 3.42. The van der Waals surface area contributed by atoms with Crippen molar-refractivity contribution in [1.82, 2.24) is 5.32 Å². The van der Waals surface area contributed by atoms with E-state index in [-0.39, 0.29) is 5.60 Å². The van der Waals surface area contributed by atoms with Crippen LogP contribution >= 0.6 is 0 Å². The molecule has 1 aliphatic rings. The molecule has 0 aromatic heterocycles. The summed E-state index contributed by atoms with van der Waals surface area (Å²) in [4.78, 5) is 0. The summed E-state index contributed by atoms with van der Waals surface area (Å²) < 4.78 is 6.15. The predicted octanol–water partition coefficient (Wildman–Crippen LogP) is 3.12. The van der Waals surface area contributed by atoms with Gasteiger partial charge in [0.15, 0.2) is 0 Å². The van der Waals surface area contributed by atoms with Crippen molar-refractivity contribution < 1.29 is 4.74 Å². The number of hydrogen-bond donors (Lipinski definition) is 1. The van der Waals surface area contributed by atoms with Crippen molar-refractivity contribution in [2.24, 2.45) is 0 Å². The molecule has 0 atom stereocenters. The first-order valence-electron chi connectivity index (χ1n) is 6.61. The Morgan fingerprint density at radius 2 is 1.87 bits per heavy atom. The Morgan fingerprint density at radius 3 is 2.47 bits per heavy atom. The molecule has 90 valence electrons. The number of hydrogen-bond acceptors (Lipinski definition) is 2. The Labute approximate surface area is 94.8 Å². The second-order valence-corrected chi connectivity index (χ2v) is 4.83. The summed E-state index contributed by atoms with van der Waals surface area (Å²) in [6, 6.07) is 0. The number of nitrogens with one attached hydrogen (secondary N) is 1. The lowest BCUT2D eigenvalue weighted by molar-refractivity contribution is -0.0685. The van der Waals surface area contributed by atoms with Crippen molar-refractivity contribution in [3.63, 3.8) is 0 Å². The second-order valence-electron chi connectivity index (χ2n) is 4.83. The van der Waals surface area contributed by atoms with Gasteiger partial charge in [0.1, 0.15) is 0 Å². The maximum Gasteiger partial charge on any atom is 0.0806 e. The highest BCUT2D eigenvalue weighted by Gasteiger charge is 2.31. The summed E-state index contributed by atoms with van der Waals surface area (Å²) in [7, 11) is 2.03. The van der Waals surface area contributed by atoms with Gasteiger partial charge in [0.25, 0.3) is 0 Å². The van der Waals surface area contributed by atoms with Crippen LogP contribution in [0.2, 0.25) is 0 Å². The molecule has 0 aromatic carbocycles. The molecule has 0 spiro atoms. The van der Waals surface area contributed by atoms with Crippen LogP contribution in [0, 0.1) is 0 Å². The maximum absolute atomic E-state index is 6.15. The minimum absolute atomic E-state index is 0.167. The molecule has 1 fully saturated rings. The molecule has 0 aromatic rings. The van der Waals surface area contributed by atoms with Gasteiger partial charge >= 0.3 is 0 Å². The first kappa shape index (κ1) is 13.0. The molecular weight excluding hydrogens is 186 g/mol. The summed E-state index contributed by atoms with van der Waals surface area (Å²) in [5, 5.41) is 3.29. The smallest absolute Gasteiger partial charge is 0.0806 e. The average molecular weight is 213 g/mol. The Hall–Kier alpha value is -0.0800. The van der Waals surface area contributed by atoms with Crippen LogP contribution in [0.1, 0.15) is 58.3 Å². The summed E-state index contributed by atoms with van der Waals surface area (Å²) in [5.41, 5.74) is 0.167.